The number of rotatable bonds is 3. The van der Waals surface area contributed by atoms with Gasteiger partial charge in [-0.05, 0) is 35.9 Å². The minimum atomic E-state index is -0.578. The predicted octanol–water partition coefficient (Wildman–Crippen LogP) is 3.46. The van der Waals surface area contributed by atoms with Gasteiger partial charge in [0.1, 0.15) is 5.82 Å². The summed E-state index contributed by atoms with van der Waals surface area (Å²) < 4.78 is 14.4. The monoisotopic (exact) mass is 416 g/mol. The molecule has 2 amide bonds. The van der Waals surface area contributed by atoms with E-state index in [0.717, 1.165) is 5.56 Å². The lowest BCUT2D eigenvalue weighted by Crippen LogP contribution is -2.70. The van der Waals surface area contributed by atoms with Gasteiger partial charge in [0.15, 0.2) is 0 Å². The summed E-state index contributed by atoms with van der Waals surface area (Å²) in [6.45, 7) is 0.0687. The maximum Gasteiger partial charge on any atom is 0.261 e. The number of nitrogens with zero attached hydrogens (tertiary/aromatic N) is 2. The average molecular weight is 416 g/mol. The molecule has 2 aliphatic rings. The fourth-order valence-corrected chi connectivity index (χ4v) is 4.87. The van der Waals surface area contributed by atoms with Crippen LogP contribution >= 0.6 is 0 Å². The number of hydrogen-bond acceptors (Lipinski definition) is 3. The highest BCUT2D eigenvalue weighted by atomic mass is 19.1. The van der Waals surface area contributed by atoms with Gasteiger partial charge in [0.05, 0.1) is 24.3 Å². The van der Waals surface area contributed by atoms with Crippen LogP contribution < -0.4 is 4.90 Å². The number of para-hydroxylation sites is 1. The summed E-state index contributed by atoms with van der Waals surface area (Å²) in [5, 5.41) is 10.1. The lowest BCUT2D eigenvalue weighted by atomic mass is 9.71. The zero-order valence-electron chi connectivity index (χ0n) is 16.7. The first-order valence-electron chi connectivity index (χ1n) is 10.3. The van der Waals surface area contributed by atoms with Gasteiger partial charge in [0.2, 0.25) is 0 Å². The van der Waals surface area contributed by atoms with E-state index in [2.05, 4.69) is 0 Å². The summed E-state index contributed by atoms with van der Waals surface area (Å²) in [4.78, 5) is 29.7. The number of carbonyl (C=O) groups excluding carboxylic acids is 2. The molecule has 0 radical (unpaired) electrons. The van der Waals surface area contributed by atoms with Crippen LogP contribution in [0.5, 0.6) is 0 Å². The molecule has 0 aromatic heterocycles. The van der Waals surface area contributed by atoms with E-state index in [-0.39, 0.29) is 42.6 Å². The zero-order chi connectivity index (χ0) is 21.5. The van der Waals surface area contributed by atoms with Gasteiger partial charge < -0.3 is 14.9 Å². The largest absolute Gasteiger partial charge is 0.394 e. The molecule has 0 unspecified atom stereocenters. The third kappa shape index (κ3) is 3.02. The van der Waals surface area contributed by atoms with E-state index >= 15 is 0 Å². The third-order valence-electron chi connectivity index (χ3n) is 6.29. The molecule has 0 bridgehead atoms. The second kappa shape index (κ2) is 7.63. The van der Waals surface area contributed by atoms with Crippen LogP contribution in [-0.4, -0.2) is 47.1 Å². The Bertz CT molecular complexity index is 1150. The number of amides is 2. The standard InChI is InChI=1S/C25H21FN2O3/c26-19-12-6-4-10-17(19)25(31)27-14-21-23(18-11-5-7-13-20(18)27)22(15-29)28(21)24(30)16-8-2-1-3-9-16/h1-13,21-23,29H,14-15H2/t21-,22-,23+/m1/s1. The van der Waals surface area contributed by atoms with E-state index in [1.54, 1.807) is 46.2 Å². The van der Waals surface area contributed by atoms with Gasteiger partial charge in [0, 0.05) is 23.7 Å². The molecular weight excluding hydrogens is 395 g/mol. The van der Waals surface area contributed by atoms with Crippen molar-refractivity contribution >= 4 is 17.5 Å². The maximum absolute atomic E-state index is 14.4. The number of carbonyl (C=O) groups is 2. The molecule has 0 spiro atoms. The summed E-state index contributed by atoms with van der Waals surface area (Å²) in [5.74, 6) is -1.29. The number of likely N-dealkylation sites (tertiary alicyclic amines) is 1. The fourth-order valence-electron chi connectivity index (χ4n) is 4.87. The first-order chi connectivity index (χ1) is 15.1. The van der Waals surface area contributed by atoms with Gasteiger partial charge in [-0.15, -0.1) is 0 Å². The van der Waals surface area contributed by atoms with Gasteiger partial charge in [-0.2, -0.15) is 0 Å². The number of aliphatic hydroxyl groups excluding tert-OH is 1. The van der Waals surface area contributed by atoms with E-state index in [4.69, 9.17) is 0 Å². The van der Waals surface area contributed by atoms with Crippen LogP contribution in [0.25, 0.3) is 0 Å². The predicted molar refractivity (Wildman–Crippen MR) is 115 cm³/mol. The van der Waals surface area contributed by atoms with Crippen LogP contribution in [0.15, 0.2) is 78.9 Å². The van der Waals surface area contributed by atoms with Crippen molar-refractivity contribution in [1.82, 2.24) is 4.90 Å². The van der Waals surface area contributed by atoms with Gasteiger partial charge in [-0.25, -0.2) is 4.39 Å². The molecule has 3 aromatic carbocycles. The van der Waals surface area contributed by atoms with Gasteiger partial charge in [0.25, 0.3) is 11.8 Å². The smallest absolute Gasteiger partial charge is 0.261 e. The molecule has 5 rings (SSSR count). The molecule has 156 valence electrons. The normalized spacial score (nSPS) is 21.7. The molecule has 1 fully saturated rings. The summed E-state index contributed by atoms with van der Waals surface area (Å²) in [5.41, 5.74) is 2.11. The number of hydrogen-bond donors (Lipinski definition) is 1. The Balaban J connectivity index is 1.55. The SMILES string of the molecule is O=C(c1ccccc1F)N1C[C@@H]2[C@H](c3ccccc31)[C@@H](CO)N2C(=O)c1ccccc1. The van der Waals surface area contributed by atoms with Crippen molar-refractivity contribution in [2.45, 2.75) is 18.0 Å². The minimum absolute atomic E-state index is 0.00489. The Morgan fingerprint density at radius 3 is 2.32 bits per heavy atom. The Labute approximate surface area is 179 Å². The van der Waals surface area contributed by atoms with Crippen LogP contribution in [0.4, 0.5) is 10.1 Å². The van der Waals surface area contributed by atoms with Gasteiger partial charge in [-0.1, -0.05) is 48.5 Å². The second-order valence-corrected chi connectivity index (χ2v) is 7.88. The molecule has 2 heterocycles. The van der Waals surface area contributed by atoms with Gasteiger partial charge in [-0.3, -0.25) is 9.59 Å². The van der Waals surface area contributed by atoms with Crippen LogP contribution in [0.1, 0.15) is 32.2 Å². The van der Waals surface area contributed by atoms with Crippen molar-refractivity contribution in [3.63, 3.8) is 0 Å². The lowest BCUT2D eigenvalue weighted by Gasteiger charge is -2.58. The minimum Gasteiger partial charge on any atom is -0.394 e. The highest BCUT2D eigenvalue weighted by Crippen LogP contribution is 2.48. The highest BCUT2D eigenvalue weighted by Gasteiger charge is 2.55. The molecule has 5 nitrogen and oxygen atoms in total. The van der Waals surface area contributed by atoms with E-state index < -0.39 is 11.7 Å². The molecule has 6 heteroatoms. The second-order valence-electron chi connectivity index (χ2n) is 7.88. The average Bonchev–Trinajstić information content (AvgIpc) is 2.80. The van der Waals surface area contributed by atoms with E-state index in [1.165, 1.54) is 12.1 Å². The molecule has 3 aromatic rings. The van der Waals surface area contributed by atoms with Crippen LogP contribution in [0.2, 0.25) is 0 Å². The Morgan fingerprint density at radius 1 is 0.903 bits per heavy atom. The first-order valence-corrected chi connectivity index (χ1v) is 10.3. The lowest BCUT2D eigenvalue weighted by molar-refractivity contribution is -0.0246. The molecular formula is C25H21FN2O3. The fraction of sp³-hybridized carbons (Fsp3) is 0.200. The van der Waals surface area contributed by atoms with E-state index in [0.29, 0.717) is 11.3 Å². The van der Waals surface area contributed by atoms with Crippen molar-refractivity contribution in [2.75, 3.05) is 18.1 Å². The van der Waals surface area contributed by atoms with Crippen LogP contribution in [0, 0.1) is 5.82 Å². The maximum atomic E-state index is 14.4. The number of fused-ring (bicyclic) bond motifs is 3. The van der Waals surface area contributed by atoms with Crippen LogP contribution in [-0.2, 0) is 0 Å². The van der Waals surface area contributed by atoms with Crippen molar-refractivity contribution < 1.29 is 19.1 Å². The summed E-state index contributed by atoms with van der Waals surface area (Å²) in [6, 6.07) is 21.6. The molecule has 0 saturated carbocycles. The number of benzene rings is 3. The molecule has 1 N–H and O–H groups in total. The Morgan fingerprint density at radius 2 is 1.58 bits per heavy atom. The number of aliphatic hydroxyl groups is 1. The summed E-state index contributed by atoms with van der Waals surface area (Å²) in [6.07, 6.45) is 0. The van der Waals surface area contributed by atoms with E-state index in [1.807, 2.05) is 30.3 Å². The quantitative estimate of drug-likeness (QED) is 0.712. The molecule has 2 aliphatic heterocycles. The molecule has 0 aliphatic carbocycles. The van der Waals surface area contributed by atoms with Crippen molar-refractivity contribution in [2.24, 2.45) is 0 Å². The van der Waals surface area contributed by atoms with Crippen molar-refractivity contribution in [1.29, 1.82) is 0 Å². The Kier molecular flexibility index (Phi) is 4.79. The van der Waals surface area contributed by atoms with Crippen molar-refractivity contribution in [3.8, 4) is 0 Å². The summed E-state index contributed by atoms with van der Waals surface area (Å²) >= 11 is 0. The zero-order valence-corrected chi connectivity index (χ0v) is 16.7. The number of halogens is 1. The third-order valence-corrected chi connectivity index (χ3v) is 6.29. The summed E-state index contributed by atoms with van der Waals surface area (Å²) in [7, 11) is 0. The molecule has 3 atom stereocenters. The van der Waals surface area contributed by atoms with Crippen molar-refractivity contribution in [3.05, 3.63) is 101 Å². The Hall–Kier alpha value is -3.51. The number of anilines is 1. The van der Waals surface area contributed by atoms with Gasteiger partial charge >= 0.3 is 0 Å². The van der Waals surface area contributed by atoms with Crippen LogP contribution in [0.3, 0.4) is 0 Å². The van der Waals surface area contributed by atoms with E-state index in [9.17, 15) is 19.1 Å². The first kappa shape index (κ1) is 19.5. The topological polar surface area (TPSA) is 60.9 Å². The highest BCUT2D eigenvalue weighted by molar-refractivity contribution is 6.07. The molecule has 1 saturated heterocycles. The molecule has 31 heavy (non-hydrogen) atoms.